The summed E-state index contributed by atoms with van der Waals surface area (Å²) in [5.74, 6) is -0.0633. The van der Waals surface area contributed by atoms with E-state index >= 15 is 0 Å². The van der Waals surface area contributed by atoms with Crippen molar-refractivity contribution in [3.05, 3.63) is 57.5 Å². The van der Waals surface area contributed by atoms with Gasteiger partial charge in [0.05, 0.1) is 15.7 Å². The van der Waals surface area contributed by atoms with Crippen molar-refractivity contribution in [2.45, 2.75) is 32.8 Å². The molecule has 0 spiro atoms. The maximum atomic E-state index is 12.5. The van der Waals surface area contributed by atoms with Gasteiger partial charge in [0.15, 0.2) is 6.10 Å². The molecule has 0 fully saturated rings. The molecule has 144 valence electrons. The molecule has 2 aromatic rings. The number of para-hydroxylation sites is 1. The standard InChI is InChI=1S/C20H22BrClN2O3/c1-3-4-11-23-20(26)15-7-5-6-8-17(15)24-19(25)13(2)27-18-10-9-14(22)12-16(18)21/h5-10,12-13H,3-4,11H2,1-2H3,(H,23,26)(H,24,25). The lowest BCUT2D eigenvalue weighted by molar-refractivity contribution is -0.122. The zero-order valence-electron chi connectivity index (χ0n) is 15.2. The van der Waals surface area contributed by atoms with E-state index in [1.54, 1.807) is 49.4 Å². The quantitative estimate of drug-likeness (QED) is 0.550. The first kappa shape index (κ1) is 21.3. The zero-order chi connectivity index (χ0) is 19.8. The minimum atomic E-state index is -0.765. The van der Waals surface area contributed by atoms with Crippen LogP contribution in [0.5, 0.6) is 5.75 Å². The van der Waals surface area contributed by atoms with Crippen LogP contribution in [0, 0.1) is 0 Å². The van der Waals surface area contributed by atoms with Gasteiger partial charge in [0.1, 0.15) is 5.75 Å². The fraction of sp³-hybridized carbons (Fsp3) is 0.300. The van der Waals surface area contributed by atoms with E-state index in [-0.39, 0.29) is 11.8 Å². The number of benzene rings is 2. The van der Waals surface area contributed by atoms with Crippen molar-refractivity contribution in [1.82, 2.24) is 5.32 Å². The van der Waals surface area contributed by atoms with Gasteiger partial charge in [0.2, 0.25) is 0 Å². The minimum Gasteiger partial charge on any atom is -0.480 e. The molecule has 1 atom stereocenters. The van der Waals surface area contributed by atoms with Crippen LogP contribution in [-0.4, -0.2) is 24.5 Å². The topological polar surface area (TPSA) is 67.4 Å². The van der Waals surface area contributed by atoms with Crippen molar-refractivity contribution in [3.63, 3.8) is 0 Å². The number of anilines is 1. The van der Waals surface area contributed by atoms with Crippen molar-refractivity contribution in [2.24, 2.45) is 0 Å². The molecule has 0 saturated carbocycles. The molecule has 0 bridgehead atoms. The summed E-state index contributed by atoms with van der Waals surface area (Å²) in [6, 6.07) is 12.0. The number of carbonyl (C=O) groups excluding carboxylic acids is 2. The highest BCUT2D eigenvalue weighted by Crippen LogP contribution is 2.29. The highest BCUT2D eigenvalue weighted by molar-refractivity contribution is 9.10. The monoisotopic (exact) mass is 452 g/mol. The molecule has 0 aliphatic rings. The van der Waals surface area contributed by atoms with Gasteiger partial charge in [-0.15, -0.1) is 0 Å². The van der Waals surface area contributed by atoms with Crippen LogP contribution < -0.4 is 15.4 Å². The van der Waals surface area contributed by atoms with E-state index < -0.39 is 6.10 Å². The third-order valence-corrected chi connectivity index (χ3v) is 4.67. The highest BCUT2D eigenvalue weighted by atomic mass is 79.9. The van der Waals surface area contributed by atoms with Crippen molar-refractivity contribution >= 4 is 45.0 Å². The smallest absolute Gasteiger partial charge is 0.265 e. The van der Waals surface area contributed by atoms with Crippen LogP contribution in [0.2, 0.25) is 5.02 Å². The van der Waals surface area contributed by atoms with E-state index in [1.807, 2.05) is 0 Å². The number of hydrogen-bond donors (Lipinski definition) is 2. The fourth-order valence-electron chi connectivity index (χ4n) is 2.31. The van der Waals surface area contributed by atoms with Gasteiger partial charge in [-0.1, -0.05) is 37.1 Å². The molecule has 0 radical (unpaired) electrons. The summed E-state index contributed by atoms with van der Waals surface area (Å²) < 4.78 is 6.35. The number of nitrogens with one attached hydrogen (secondary N) is 2. The Morgan fingerprint density at radius 1 is 1.22 bits per heavy atom. The van der Waals surface area contributed by atoms with E-state index in [0.29, 0.717) is 33.0 Å². The van der Waals surface area contributed by atoms with E-state index in [9.17, 15) is 9.59 Å². The SMILES string of the molecule is CCCCNC(=O)c1ccccc1NC(=O)C(C)Oc1ccc(Cl)cc1Br. The predicted molar refractivity (Wildman–Crippen MR) is 112 cm³/mol. The van der Waals surface area contributed by atoms with Crippen LogP contribution >= 0.6 is 27.5 Å². The van der Waals surface area contributed by atoms with Gasteiger partial charge < -0.3 is 15.4 Å². The minimum absolute atomic E-state index is 0.214. The number of ether oxygens (including phenoxy) is 1. The number of amides is 2. The summed E-state index contributed by atoms with van der Waals surface area (Å²) in [7, 11) is 0. The number of halogens is 2. The molecular formula is C20H22BrClN2O3. The molecule has 0 aliphatic carbocycles. The van der Waals surface area contributed by atoms with E-state index in [1.165, 1.54) is 0 Å². The second-order valence-electron chi connectivity index (χ2n) is 5.98. The van der Waals surface area contributed by atoms with Gasteiger partial charge >= 0.3 is 0 Å². The molecular weight excluding hydrogens is 432 g/mol. The van der Waals surface area contributed by atoms with Crippen LogP contribution in [0.4, 0.5) is 5.69 Å². The second kappa shape index (κ2) is 10.3. The Bertz CT molecular complexity index is 814. The average Bonchev–Trinajstić information content (AvgIpc) is 2.64. The third kappa shape index (κ3) is 6.26. The molecule has 2 N–H and O–H groups in total. The van der Waals surface area contributed by atoms with E-state index in [2.05, 4.69) is 33.5 Å². The van der Waals surface area contributed by atoms with Gasteiger partial charge in [0, 0.05) is 11.6 Å². The Labute approximate surface area is 172 Å². The molecule has 1 unspecified atom stereocenters. The van der Waals surface area contributed by atoms with Crippen molar-refractivity contribution in [3.8, 4) is 5.75 Å². The summed E-state index contributed by atoms with van der Waals surface area (Å²) in [5, 5.41) is 6.19. The van der Waals surface area contributed by atoms with Crippen molar-refractivity contribution in [2.75, 3.05) is 11.9 Å². The summed E-state index contributed by atoms with van der Waals surface area (Å²) in [6.45, 7) is 4.29. The molecule has 0 aliphatic heterocycles. The predicted octanol–water partition coefficient (Wildman–Crippen LogP) is 5.04. The van der Waals surface area contributed by atoms with Crippen LogP contribution in [0.15, 0.2) is 46.9 Å². The fourth-order valence-corrected chi connectivity index (χ4v) is 3.09. The Morgan fingerprint density at radius 2 is 1.96 bits per heavy atom. The van der Waals surface area contributed by atoms with Gasteiger partial charge in [-0.05, 0) is 59.6 Å². The Kier molecular flexibility index (Phi) is 8.13. The first-order chi connectivity index (χ1) is 12.9. The molecule has 2 aromatic carbocycles. The molecule has 27 heavy (non-hydrogen) atoms. The van der Waals surface area contributed by atoms with Crippen LogP contribution in [0.1, 0.15) is 37.0 Å². The first-order valence-corrected chi connectivity index (χ1v) is 9.89. The number of carbonyl (C=O) groups is 2. The first-order valence-electron chi connectivity index (χ1n) is 8.72. The lowest BCUT2D eigenvalue weighted by Gasteiger charge is -2.17. The van der Waals surface area contributed by atoms with Crippen LogP contribution in [0.25, 0.3) is 0 Å². The zero-order valence-corrected chi connectivity index (χ0v) is 17.6. The summed E-state index contributed by atoms with van der Waals surface area (Å²) in [6.07, 6.45) is 1.13. The molecule has 7 heteroatoms. The summed E-state index contributed by atoms with van der Waals surface area (Å²) in [5.41, 5.74) is 0.865. The maximum absolute atomic E-state index is 12.5. The van der Waals surface area contributed by atoms with Gasteiger partial charge in [-0.25, -0.2) is 0 Å². The average molecular weight is 454 g/mol. The Morgan fingerprint density at radius 3 is 2.67 bits per heavy atom. The molecule has 5 nitrogen and oxygen atoms in total. The largest absolute Gasteiger partial charge is 0.480 e. The van der Waals surface area contributed by atoms with Crippen LogP contribution in [0.3, 0.4) is 0 Å². The normalized spacial score (nSPS) is 11.6. The lowest BCUT2D eigenvalue weighted by Crippen LogP contribution is -2.32. The van der Waals surface area contributed by atoms with E-state index in [4.69, 9.17) is 16.3 Å². The Balaban J connectivity index is 2.05. The molecule has 0 heterocycles. The number of rotatable bonds is 8. The molecule has 0 aromatic heterocycles. The molecule has 0 saturated heterocycles. The van der Waals surface area contributed by atoms with Gasteiger partial charge in [0.25, 0.3) is 11.8 Å². The van der Waals surface area contributed by atoms with Crippen molar-refractivity contribution in [1.29, 1.82) is 0 Å². The van der Waals surface area contributed by atoms with E-state index in [0.717, 1.165) is 12.8 Å². The Hall–Kier alpha value is -2.05. The number of hydrogen-bond acceptors (Lipinski definition) is 3. The molecule has 2 rings (SSSR count). The summed E-state index contributed by atoms with van der Waals surface area (Å²) >= 11 is 9.27. The van der Waals surface area contributed by atoms with Gasteiger partial charge in [-0.3, -0.25) is 9.59 Å². The number of unbranched alkanes of at least 4 members (excludes halogenated alkanes) is 1. The highest BCUT2D eigenvalue weighted by Gasteiger charge is 2.19. The van der Waals surface area contributed by atoms with Crippen LogP contribution in [-0.2, 0) is 4.79 Å². The van der Waals surface area contributed by atoms with Crippen molar-refractivity contribution < 1.29 is 14.3 Å². The second-order valence-corrected chi connectivity index (χ2v) is 7.27. The summed E-state index contributed by atoms with van der Waals surface area (Å²) in [4.78, 5) is 24.9. The maximum Gasteiger partial charge on any atom is 0.265 e. The molecule has 2 amide bonds. The van der Waals surface area contributed by atoms with Gasteiger partial charge in [-0.2, -0.15) is 0 Å². The lowest BCUT2D eigenvalue weighted by atomic mass is 10.1. The third-order valence-electron chi connectivity index (χ3n) is 3.81.